The molecule has 4 aromatic rings. The predicted molar refractivity (Wildman–Crippen MR) is 223 cm³/mol. The van der Waals surface area contributed by atoms with Crippen molar-refractivity contribution in [1.82, 2.24) is 36.9 Å². The fraction of sp³-hybridized carbons (Fsp3) is 0.359. The highest BCUT2D eigenvalue weighted by Gasteiger charge is 2.32. The van der Waals surface area contributed by atoms with Crippen molar-refractivity contribution in [1.29, 1.82) is 0 Å². The molecule has 4 rings (SSSR count). The van der Waals surface area contributed by atoms with Crippen LogP contribution in [-0.4, -0.2) is 101 Å². The average molecular weight is 820 g/mol. The van der Waals surface area contributed by atoms with E-state index in [1.54, 1.807) is 6.20 Å². The molecular formula is C39H49N9O7S2. The lowest BCUT2D eigenvalue weighted by Crippen LogP contribution is -2.59. The van der Waals surface area contributed by atoms with Crippen LogP contribution in [0.25, 0.3) is 21.7 Å². The maximum Gasteiger partial charge on any atom is 0.243 e. The smallest absolute Gasteiger partial charge is 0.243 e. The third-order valence-electron chi connectivity index (χ3n) is 9.11. The van der Waals surface area contributed by atoms with E-state index in [4.69, 9.17) is 11.5 Å². The van der Waals surface area contributed by atoms with Gasteiger partial charge in [-0.1, -0.05) is 60.7 Å². The first-order valence-corrected chi connectivity index (χ1v) is 19.6. The summed E-state index contributed by atoms with van der Waals surface area (Å²) in [4.78, 5) is 94.3. The first-order chi connectivity index (χ1) is 27.3. The van der Waals surface area contributed by atoms with Gasteiger partial charge in [-0.25, -0.2) is 0 Å². The number of nitrogens with two attached hydrogens (primary N) is 2. The Morgan fingerprint density at radius 2 is 1.30 bits per heavy atom. The summed E-state index contributed by atoms with van der Waals surface area (Å²) in [5, 5.41) is 18.3. The van der Waals surface area contributed by atoms with E-state index in [1.807, 2.05) is 66.7 Å². The average Bonchev–Trinajstić information content (AvgIpc) is 3.61. The molecule has 7 amide bonds. The predicted octanol–water partition coefficient (Wildman–Crippen LogP) is -0.250. The first kappa shape index (κ1) is 44.1. The van der Waals surface area contributed by atoms with E-state index in [0.29, 0.717) is 17.5 Å². The number of carbonyl (C=O) groups is 7. The van der Waals surface area contributed by atoms with Crippen LogP contribution in [0.1, 0.15) is 30.9 Å². The number of hydrogen-bond donors (Lipinski definition) is 11. The number of amides is 7. The molecule has 0 saturated carbocycles. The number of primary amides is 1. The summed E-state index contributed by atoms with van der Waals surface area (Å²) in [7, 11) is 0. The van der Waals surface area contributed by atoms with Gasteiger partial charge < -0.3 is 48.4 Å². The van der Waals surface area contributed by atoms with Gasteiger partial charge in [0.05, 0.1) is 6.54 Å². The maximum absolute atomic E-state index is 14.1. The summed E-state index contributed by atoms with van der Waals surface area (Å²) in [6, 6.07) is 14.9. The quantitative estimate of drug-likeness (QED) is 0.0499. The van der Waals surface area contributed by atoms with Crippen molar-refractivity contribution >= 4 is 88.3 Å². The van der Waals surface area contributed by atoms with Crippen LogP contribution < -0.4 is 43.4 Å². The molecule has 304 valence electrons. The molecule has 0 radical (unpaired) electrons. The van der Waals surface area contributed by atoms with E-state index in [2.05, 4.69) is 62.1 Å². The van der Waals surface area contributed by atoms with Crippen molar-refractivity contribution < 1.29 is 33.6 Å². The number of H-pyrrole nitrogens is 1. The van der Waals surface area contributed by atoms with E-state index < -0.39 is 78.1 Å². The van der Waals surface area contributed by atoms with Gasteiger partial charge in [0.15, 0.2) is 0 Å². The van der Waals surface area contributed by atoms with Crippen LogP contribution in [0.15, 0.2) is 72.9 Å². The molecular weight excluding hydrogens is 771 g/mol. The zero-order chi connectivity index (χ0) is 41.5. The molecule has 1 aromatic heterocycles. The number of aromatic nitrogens is 1. The number of carbonyl (C=O) groups excluding carboxylic acids is 7. The zero-order valence-electron chi connectivity index (χ0n) is 31.4. The number of nitrogens with one attached hydrogen (secondary N) is 7. The van der Waals surface area contributed by atoms with Crippen LogP contribution in [0.5, 0.6) is 0 Å². The SMILES string of the molecule is CC(=O)N[C@@H](CS)C(=O)NCC(=O)N[C@H](Cc1ccc2ccccc2c1)C(=O)N[C@@H](CCCN)C(=O)N[C@@H](Cc1c[nH]c2ccccc12)C(=O)N[C@@H](CS)C(N)=O. The van der Waals surface area contributed by atoms with Crippen LogP contribution in [-0.2, 0) is 46.4 Å². The maximum atomic E-state index is 14.1. The summed E-state index contributed by atoms with van der Waals surface area (Å²) in [5.74, 6) is -4.84. The summed E-state index contributed by atoms with van der Waals surface area (Å²) in [6.45, 7) is 0.906. The Labute approximate surface area is 340 Å². The fourth-order valence-corrected chi connectivity index (χ4v) is 6.66. The van der Waals surface area contributed by atoms with Crippen LogP contribution in [0, 0.1) is 0 Å². The minimum atomic E-state index is -1.23. The molecule has 3 aromatic carbocycles. The Hall–Kier alpha value is -5.59. The number of fused-ring (bicyclic) bond motifs is 2. The van der Waals surface area contributed by atoms with Crippen molar-refractivity contribution in [2.45, 2.75) is 62.8 Å². The summed E-state index contributed by atoms with van der Waals surface area (Å²) in [6.07, 6.45) is 2.14. The van der Waals surface area contributed by atoms with E-state index in [0.717, 1.165) is 21.7 Å². The largest absolute Gasteiger partial charge is 0.368 e. The molecule has 11 N–H and O–H groups in total. The molecule has 16 nitrogen and oxygen atoms in total. The molecule has 5 atom stereocenters. The van der Waals surface area contributed by atoms with Gasteiger partial charge in [-0.15, -0.1) is 0 Å². The Bertz CT molecular complexity index is 2080. The van der Waals surface area contributed by atoms with Gasteiger partial charge in [-0.2, -0.15) is 25.3 Å². The third kappa shape index (κ3) is 13.0. The number of para-hydroxylation sites is 1. The molecule has 0 fully saturated rings. The van der Waals surface area contributed by atoms with E-state index >= 15 is 0 Å². The van der Waals surface area contributed by atoms with Gasteiger partial charge in [0.2, 0.25) is 41.4 Å². The zero-order valence-corrected chi connectivity index (χ0v) is 33.2. The number of hydrogen-bond acceptors (Lipinski definition) is 10. The van der Waals surface area contributed by atoms with Crippen LogP contribution in [0.2, 0.25) is 0 Å². The van der Waals surface area contributed by atoms with Gasteiger partial charge in [0.1, 0.15) is 30.2 Å². The fourth-order valence-electron chi connectivity index (χ4n) is 6.13. The summed E-state index contributed by atoms with van der Waals surface area (Å²) < 4.78 is 0. The van der Waals surface area contributed by atoms with E-state index in [1.165, 1.54) is 6.92 Å². The normalized spacial score (nSPS) is 13.7. The molecule has 0 aliphatic heterocycles. The molecule has 0 spiro atoms. The van der Waals surface area contributed by atoms with E-state index in [-0.39, 0.29) is 37.3 Å². The minimum absolute atomic E-state index is 0.0105. The molecule has 0 aliphatic rings. The lowest BCUT2D eigenvalue weighted by molar-refractivity contribution is -0.134. The second-order valence-electron chi connectivity index (χ2n) is 13.4. The molecule has 1 heterocycles. The van der Waals surface area contributed by atoms with Crippen LogP contribution in [0.3, 0.4) is 0 Å². The highest BCUT2D eigenvalue weighted by Crippen LogP contribution is 2.20. The highest BCUT2D eigenvalue weighted by molar-refractivity contribution is 7.80. The van der Waals surface area contributed by atoms with Gasteiger partial charge in [0, 0.05) is 48.4 Å². The Balaban J connectivity index is 1.58. The molecule has 57 heavy (non-hydrogen) atoms. The summed E-state index contributed by atoms with van der Waals surface area (Å²) >= 11 is 8.21. The van der Waals surface area contributed by atoms with Gasteiger partial charge >= 0.3 is 0 Å². The number of benzene rings is 3. The molecule has 0 aliphatic carbocycles. The standard InChI is InChI=1S/C39H49N9O7S2/c1-22(49)44-33(21-57)36(52)43-19-34(50)45-30(16-23-12-13-24-7-2-3-8-25(24)15-23)38(54)46-29(11-6-14-40)37(53)47-31(39(55)48-32(20-56)35(41)51)17-26-18-42-28-10-5-4-9-27(26)28/h2-5,7-10,12-13,15,18,29-33,42,56-57H,6,11,14,16-17,19-21,40H2,1H3,(H2,41,51)(H,43,52)(H,44,49)(H,45,50)(H,46,54)(H,47,53)(H,48,55)/t29-,30+,31-,32-,33-/m0/s1. The molecule has 18 heteroatoms. The van der Waals surface area contributed by atoms with Crippen LogP contribution >= 0.6 is 25.3 Å². The molecule has 0 saturated heterocycles. The topological polar surface area (TPSA) is 260 Å². The first-order valence-electron chi connectivity index (χ1n) is 18.3. The molecule has 0 unspecified atom stereocenters. The Morgan fingerprint density at radius 3 is 1.96 bits per heavy atom. The Kier molecular flexibility index (Phi) is 16.8. The number of rotatable bonds is 21. The van der Waals surface area contributed by atoms with Crippen molar-refractivity contribution in [3.8, 4) is 0 Å². The second-order valence-corrected chi connectivity index (χ2v) is 14.2. The van der Waals surface area contributed by atoms with Crippen molar-refractivity contribution in [2.24, 2.45) is 11.5 Å². The monoisotopic (exact) mass is 819 g/mol. The van der Waals surface area contributed by atoms with Crippen molar-refractivity contribution in [3.05, 3.63) is 84.1 Å². The van der Waals surface area contributed by atoms with Gasteiger partial charge in [-0.05, 0) is 47.4 Å². The van der Waals surface area contributed by atoms with Crippen LogP contribution in [0.4, 0.5) is 0 Å². The van der Waals surface area contributed by atoms with Crippen molar-refractivity contribution in [2.75, 3.05) is 24.6 Å². The number of thiol groups is 2. The number of aromatic amines is 1. The van der Waals surface area contributed by atoms with Crippen molar-refractivity contribution in [3.63, 3.8) is 0 Å². The minimum Gasteiger partial charge on any atom is -0.368 e. The molecule has 0 bridgehead atoms. The Morgan fingerprint density at radius 1 is 0.684 bits per heavy atom. The van der Waals surface area contributed by atoms with Gasteiger partial charge in [-0.3, -0.25) is 33.6 Å². The second kappa shape index (κ2) is 21.6. The highest BCUT2D eigenvalue weighted by atomic mass is 32.1. The lowest BCUT2D eigenvalue weighted by atomic mass is 10.00. The summed E-state index contributed by atoms with van der Waals surface area (Å²) in [5.41, 5.74) is 13.5. The van der Waals surface area contributed by atoms with Gasteiger partial charge in [0.25, 0.3) is 0 Å². The van der Waals surface area contributed by atoms with E-state index in [9.17, 15) is 33.6 Å². The lowest BCUT2D eigenvalue weighted by Gasteiger charge is -2.26. The third-order valence-corrected chi connectivity index (χ3v) is 9.84.